The first-order valence-electron chi connectivity index (χ1n) is 2.35. The third-order valence-electron chi connectivity index (χ3n) is 0.897. The maximum absolute atomic E-state index is 11.9. The molecule has 1 amide bonds. The number of carbonyl (C=O) groups excluding carboxylic acids is 1. The van der Waals surface area contributed by atoms with Crippen molar-refractivity contribution in [2.75, 3.05) is 0 Å². The number of carbonyl (C=O) groups is 1. The van der Waals surface area contributed by atoms with Crippen LogP contribution in [-0.4, -0.2) is 17.8 Å². The molecule has 0 fully saturated rings. The molecule has 0 aliphatic carbocycles. The summed E-state index contributed by atoms with van der Waals surface area (Å²) in [6.07, 6.45) is 0. The number of rotatable bonds is 2. The third kappa shape index (κ3) is 1.78. The zero-order valence-corrected chi connectivity index (χ0v) is 5.25. The maximum atomic E-state index is 11.9. The highest BCUT2D eigenvalue weighted by atomic mass is 19.3. The van der Waals surface area contributed by atoms with Crippen LogP contribution in [0.4, 0.5) is 22.0 Å². The highest BCUT2D eigenvalue weighted by molar-refractivity contribution is 5.83. The molecule has 0 spiro atoms. The molecule has 1 radical (unpaired) electrons. The molecule has 11 heavy (non-hydrogen) atoms. The van der Waals surface area contributed by atoms with Gasteiger partial charge in [0, 0.05) is 6.92 Å². The number of hydrogen-bond acceptors (Lipinski definition) is 1. The summed E-state index contributed by atoms with van der Waals surface area (Å²) in [6.45, 7) is -0.198. The average molecular weight is 176 g/mol. The monoisotopic (exact) mass is 176 g/mol. The van der Waals surface area contributed by atoms with Gasteiger partial charge in [0.05, 0.1) is 0 Å². The van der Waals surface area contributed by atoms with E-state index in [1.165, 1.54) is 0 Å². The SMILES string of the molecule is CC(F)(F)C(F)(F)C(=O)[N]F. The van der Waals surface area contributed by atoms with E-state index in [4.69, 9.17) is 0 Å². The number of nitrogens with zero attached hydrogens (tertiary/aromatic N) is 1. The Kier molecular flexibility index (Phi) is 2.42. The standard InChI is InChI=1S/C4H3F5NO/c1-3(5,6)4(7,8)2(11)10-9/h1H3. The second kappa shape index (κ2) is 2.63. The van der Waals surface area contributed by atoms with E-state index < -0.39 is 17.8 Å². The fourth-order valence-electron chi connectivity index (χ4n) is 0.241. The summed E-state index contributed by atoms with van der Waals surface area (Å²) in [5.74, 6) is -12.4. The van der Waals surface area contributed by atoms with Crippen LogP contribution in [0.25, 0.3) is 0 Å². The minimum atomic E-state index is -5.07. The van der Waals surface area contributed by atoms with Gasteiger partial charge in [-0.15, -0.1) is 0 Å². The lowest BCUT2D eigenvalue weighted by atomic mass is 10.2. The van der Waals surface area contributed by atoms with Crippen LogP contribution in [0.3, 0.4) is 0 Å². The van der Waals surface area contributed by atoms with Gasteiger partial charge in [-0.3, -0.25) is 4.79 Å². The molecule has 0 saturated heterocycles. The number of halogens is 5. The smallest absolute Gasteiger partial charge is 0.263 e. The van der Waals surface area contributed by atoms with Gasteiger partial charge in [0.1, 0.15) is 0 Å². The van der Waals surface area contributed by atoms with E-state index in [9.17, 15) is 26.8 Å². The van der Waals surface area contributed by atoms with Crippen LogP contribution >= 0.6 is 0 Å². The topological polar surface area (TPSA) is 31.2 Å². The molecule has 0 heterocycles. The molecule has 65 valence electrons. The summed E-state index contributed by atoms with van der Waals surface area (Å²) in [5, 5.41) is 0. The number of hydrogen-bond donors (Lipinski definition) is 0. The van der Waals surface area contributed by atoms with Gasteiger partial charge in [0.25, 0.3) is 0 Å². The Balaban J connectivity index is 4.59. The second-order valence-corrected chi connectivity index (χ2v) is 1.85. The molecular weight excluding hydrogens is 173 g/mol. The Morgan fingerprint density at radius 1 is 1.27 bits per heavy atom. The van der Waals surface area contributed by atoms with Gasteiger partial charge in [0.15, 0.2) is 0 Å². The minimum Gasteiger partial charge on any atom is -0.263 e. The van der Waals surface area contributed by atoms with Crippen molar-refractivity contribution in [2.45, 2.75) is 18.8 Å². The van der Waals surface area contributed by atoms with Crippen LogP contribution in [0, 0.1) is 0 Å². The Morgan fingerprint density at radius 2 is 1.64 bits per heavy atom. The Labute approximate surface area is 58.3 Å². The maximum Gasteiger partial charge on any atom is 0.390 e. The Hall–Kier alpha value is -0.880. The quantitative estimate of drug-likeness (QED) is 0.583. The van der Waals surface area contributed by atoms with Crippen molar-refractivity contribution in [2.24, 2.45) is 0 Å². The molecule has 0 atom stereocenters. The van der Waals surface area contributed by atoms with E-state index in [1.807, 2.05) is 0 Å². The Bertz CT molecular complexity index is 162. The fraction of sp³-hybridized carbons (Fsp3) is 0.750. The normalized spacial score (nSPS) is 12.9. The minimum absolute atomic E-state index is 0.198. The highest BCUT2D eigenvalue weighted by Crippen LogP contribution is 2.33. The zero-order chi connectivity index (χ0) is 9.28. The van der Waals surface area contributed by atoms with Crippen LogP contribution in [0.2, 0.25) is 0 Å². The van der Waals surface area contributed by atoms with Crippen molar-refractivity contribution < 1.29 is 26.8 Å². The van der Waals surface area contributed by atoms with E-state index in [2.05, 4.69) is 0 Å². The molecular formula is C4H3F5NO. The molecule has 7 heteroatoms. The number of amides is 1. The van der Waals surface area contributed by atoms with Gasteiger partial charge in [-0.25, -0.2) is 0 Å². The average Bonchev–Trinajstić information content (AvgIpc) is 1.83. The van der Waals surface area contributed by atoms with Crippen LogP contribution < -0.4 is 5.54 Å². The zero-order valence-electron chi connectivity index (χ0n) is 5.25. The molecule has 0 saturated carbocycles. The molecule has 0 aliphatic rings. The van der Waals surface area contributed by atoms with Gasteiger partial charge in [-0.2, -0.15) is 17.6 Å². The van der Waals surface area contributed by atoms with Gasteiger partial charge in [-0.05, 0) is 5.54 Å². The lowest BCUT2D eigenvalue weighted by Crippen LogP contribution is -2.47. The summed E-state index contributed by atoms with van der Waals surface area (Å²) in [6, 6.07) is 0. The van der Waals surface area contributed by atoms with Crippen LogP contribution in [0.1, 0.15) is 6.92 Å². The van der Waals surface area contributed by atoms with Gasteiger partial charge < -0.3 is 0 Å². The molecule has 0 aromatic rings. The summed E-state index contributed by atoms with van der Waals surface area (Å²) >= 11 is 0. The molecule has 0 aromatic heterocycles. The third-order valence-corrected chi connectivity index (χ3v) is 0.897. The lowest BCUT2D eigenvalue weighted by Gasteiger charge is -2.18. The van der Waals surface area contributed by atoms with Gasteiger partial charge in [-0.1, -0.05) is 4.48 Å². The van der Waals surface area contributed by atoms with Crippen molar-refractivity contribution in [1.82, 2.24) is 5.54 Å². The van der Waals surface area contributed by atoms with Crippen molar-refractivity contribution in [3.05, 3.63) is 0 Å². The van der Waals surface area contributed by atoms with Crippen LogP contribution in [-0.2, 0) is 4.79 Å². The highest BCUT2D eigenvalue weighted by Gasteiger charge is 2.59. The molecule has 0 N–H and O–H groups in total. The molecule has 0 unspecified atom stereocenters. The van der Waals surface area contributed by atoms with Crippen molar-refractivity contribution >= 4 is 5.91 Å². The molecule has 0 bridgehead atoms. The van der Waals surface area contributed by atoms with Gasteiger partial charge >= 0.3 is 17.8 Å². The van der Waals surface area contributed by atoms with Crippen LogP contribution in [0.5, 0.6) is 0 Å². The van der Waals surface area contributed by atoms with Crippen molar-refractivity contribution in [3.8, 4) is 0 Å². The molecule has 2 nitrogen and oxygen atoms in total. The first-order valence-corrected chi connectivity index (χ1v) is 2.35. The second-order valence-electron chi connectivity index (χ2n) is 1.85. The van der Waals surface area contributed by atoms with E-state index in [1.54, 1.807) is 0 Å². The fourth-order valence-corrected chi connectivity index (χ4v) is 0.241. The van der Waals surface area contributed by atoms with E-state index >= 15 is 0 Å². The van der Waals surface area contributed by atoms with Crippen LogP contribution in [0.15, 0.2) is 0 Å². The summed E-state index contributed by atoms with van der Waals surface area (Å²) < 4.78 is 58.1. The first-order chi connectivity index (χ1) is 4.73. The molecule has 0 aliphatic heterocycles. The Morgan fingerprint density at radius 3 is 1.73 bits per heavy atom. The summed E-state index contributed by atoms with van der Waals surface area (Å²) in [4.78, 5) is 9.71. The lowest BCUT2D eigenvalue weighted by molar-refractivity contribution is -0.206. The molecule has 0 rings (SSSR count). The van der Waals surface area contributed by atoms with E-state index in [-0.39, 0.29) is 6.92 Å². The largest absolute Gasteiger partial charge is 0.390 e. The number of alkyl halides is 4. The predicted molar refractivity (Wildman–Crippen MR) is 23.8 cm³/mol. The van der Waals surface area contributed by atoms with E-state index in [0.29, 0.717) is 0 Å². The van der Waals surface area contributed by atoms with E-state index in [0.717, 1.165) is 5.54 Å². The predicted octanol–water partition coefficient (Wildman–Crippen LogP) is 1.29. The first kappa shape index (κ1) is 10.1. The summed E-state index contributed by atoms with van der Waals surface area (Å²) in [5.41, 5.74) is 0.958. The van der Waals surface area contributed by atoms with Crippen molar-refractivity contribution in [1.29, 1.82) is 0 Å². The molecule has 0 aromatic carbocycles. The van der Waals surface area contributed by atoms with Gasteiger partial charge in [0.2, 0.25) is 0 Å². The summed E-state index contributed by atoms with van der Waals surface area (Å²) in [7, 11) is 0. The van der Waals surface area contributed by atoms with Crippen molar-refractivity contribution in [3.63, 3.8) is 0 Å².